The Hall–Kier alpha value is -3.18. The summed E-state index contributed by atoms with van der Waals surface area (Å²) in [6, 6.07) is 7.50. The molecule has 11 heteroatoms. The molecule has 0 unspecified atom stereocenters. The van der Waals surface area contributed by atoms with Gasteiger partial charge in [-0.2, -0.15) is 4.31 Å². The van der Waals surface area contributed by atoms with Gasteiger partial charge in [0.25, 0.3) is 0 Å². The summed E-state index contributed by atoms with van der Waals surface area (Å²) in [7, 11) is -2.26. The fraction of sp³-hybridized carbons (Fsp3) is 0.273. The highest BCUT2D eigenvalue weighted by molar-refractivity contribution is 7.89. The maximum atomic E-state index is 13.7. The molecule has 0 atom stereocenters. The SMILES string of the molecule is CCN(CC)S(=O)(=O)c1ccc(C=CC(=O)N(C)CC(=O)Nc2ccc(F)c(F)c2F)cc1. The number of hydrogen-bond acceptors (Lipinski definition) is 4. The van der Waals surface area contributed by atoms with E-state index >= 15 is 0 Å². The number of benzene rings is 2. The molecule has 2 rings (SSSR count). The molecule has 2 aromatic carbocycles. The molecule has 0 saturated heterocycles. The Balaban J connectivity index is 1.99. The molecule has 0 bridgehead atoms. The Morgan fingerprint density at radius 1 is 0.970 bits per heavy atom. The van der Waals surface area contributed by atoms with Gasteiger partial charge in [-0.25, -0.2) is 21.6 Å². The number of amides is 2. The van der Waals surface area contributed by atoms with E-state index in [2.05, 4.69) is 5.32 Å². The van der Waals surface area contributed by atoms with E-state index in [0.29, 0.717) is 24.7 Å². The van der Waals surface area contributed by atoms with E-state index in [0.717, 1.165) is 11.0 Å². The van der Waals surface area contributed by atoms with Crippen molar-refractivity contribution < 1.29 is 31.2 Å². The van der Waals surface area contributed by atoms with Gasteiger partial charge >= 0.3 is 0 Å². The normalized spacial score (nSPS) is 11.7. The third-order valence-corrected chi connectivity index (χ3v) is 6.77. The minimum Gasteiger partial charge on any atom is -0.333 e. The van der Waals surface area contributed by atoms with Crippen LogP contribution in [0.4, 0.5) is 18.9 Å². The van der Waals surface area contributed by atoms with Crippen molar-refractivity contribution in [2.75, 3.05) is 32.0 Å². The van der Waals surface area contributed by atoms with Gasteiger partial charge in [0.15, 0.2) is 17.5 Å². The van der Waals surface area contributed by atoms with Crippen molar-refractivity contribution in [3.8, 4) is 0 Å². The smallest absolute Gasteiger partial charge is 0.246 e. The fourth-order valence-electron chi connectivity index (χ4n) is 2.86. The van der Waals surface area contributed by atoms with Crippen LogP contribution < -0.4 is 5.32 Å². The van der Waals surface area contributed by atoms with Crippen LogP contribution in [0.3, 0.4) is 0 Å². The zero-order valence-corrected chi connectivity index (χ0v) is 19.1. The summed E-state index contributed by atoms with van der Waals surface area (Å²) in [6.07, 6.45) is 2.62. The summed E-state index contributed by atoms with van der Waals surface area (Å²) in [5, 5.41) is 2.08. The Kier molecular flexibility index (Phi) is 8.77. The van der Waals surface area contributed by atoms with Crippen LogP contribution in [0.5, 0.6) is 0 Å². The second kappa shape index (κ2) is 11.1. The van der Waals surface area contributed by atoms with Crippen LogP contribution in [-0.2, 0) is 19.6 Å². The number of hydrogen-bond donors (Lipinski definition) is 1. The second-order valence-electron chi connectivity index (χ2n) is 6.96. The molecular formula is C22H24F3N3O4S. The molecule has 0 fully saturated rings. The van der Waals surface area contributed by atoms with Gasteiger partial charge in [-0.05, 0) is 35.9 Å². The Bertz CT molecular complexity index is 1150. The highest BCUT2D eigenvalue weighted by atomic mass is 32.2. The van der Waals surface area contributed by atoms with Crippen LogP contribution in [0.25, 0.3) is 6.08 Å². The number of nitrogens with zero attached hydrogens (tertiary/aromatic N) is 2. The summed E-state index contributed by atoms with van der Waals surface area (Å²) in [6.45, 7) is 3.71. The number of halogens is 3. The average molecular weight is 484 g/mol. The zero-order chi connectivity index (χ0) is 24.8. The van der Waals surface area contributed by atoms with E-state index in [-0.39, 0.29) is 4.90 Å². The molecule has 0 aromatic heterocycles. The summed E-state index contributed by atoms with van der Waals surface area (Å²) in [5.41, 5.74) is 0.0126. The lowest BCUT2D eigenvalue weighted by atomic mass is 10.2. The van der Waals surface area contributed by atoms with Crippen molar-refractivity contribution in [1.29, 1.82) is 0 Å². The van der Waals surface area contributed by atoms with Crippen molar-refractivity contribution in [2.24, 2.45) is 0 Å². The quantitative estimate of drug-likeness (QED) is 0.438. The molecule has 0 saturated carbocycles. The summed E-state index contributed by atoms with van der Waals surface area (Å²) in [4.78, 5) is 25.4. The van der Waals surface area contributed by atoms with E-state index in [4.69, 9.17) is 0 Å². The monoisotopic (exact) mass is 483 g/mol. The van der Waals surface area contributed by atoms with Gasteiger partial charge in [0.2, 0.25) is 21.8 Å². The predicted octanol–water partition coefficient (Wildman–Crippen LogP) is 3.24. The molecule has 178 valence electrons. The van der Waals surface area contributed by atoms with Crippen LogP contribution in [0, 0.1) is 17.5 Å². The van der Waals surface area contributed by atoms with E-state index in [9.17, 15) is 31.2 Å². The van der Waals surface area contributed by atoms with Crippen LogP contribution >= 0.6 is 0 Å². The van der Waals surface area contributed by atoms with E-state index in [1.807, 2.05) is 0 Å². The molecule has 7 nitrogen and oxygen atoms in total. The molecule has 1 N–H and O–H groups in total. The first-order valence-electron chi connectivity index (χ1n) is 9.98. The maximum absolute atomic E-state index is 13.7. The van der Waals surface area contributed by atoms with Crippen molar-refractivity contribution in [3.63, 3.8) is 0 Å². The number of anilines is 1. The van der Waals surface area contributed by atoms with Crippen molar-refractivity contribution >= 4 is 33.6 Å². The lowest BCUT2D eigenvalue weighted by molar-refractivity contribution is -0.129. The molecule has 0 spiro atoms. The number of carbonyl (C=O) groups is 2. The Labute approximate surface area is 190 Å². The predicted molar refractivity (Wildman–Crippen MR) is 118 cm³/mol. The van der Waals surface area contributed by atoms with Crippen molar-refractivity contribution in [3.05, 3.63) is 65.5 Å². The first kappa shape index (κ1) is 26.1. The van der Waals surface area contributed by atoms with Gasteiger partial charge < -0.3 is 10.2 Å². The summed E-state index contributed by atoms with van der Waals surface area (Å²) >= 11 is 0. The number of carbonyl (C=O) groups excluding carboxylic acids is 2. The topological polar surface area (TPSA) is 86.8 Å². The summed E-state index contributed by atoms with van der Waals surface area (Å²) in [5.74, 6) is -6.01. The number of sulfonamides is 1. The molecule has 0 aliphatic carbocycles. The van der Waals surface area contributed by atoms with Gasteiger partial charge in [0.1, 0.15) is 0 Å². The lowest BCUT2D eigenvalue weighted by Gasteiger charge is -2.18. The van der Waals surface area contributed by atoms with E-state index in [1.165, 1.54) is 35.6 Å². The first-order chi connectivity index (χ1) is 15.5. The molecule has 2 amide bonds. The minimum absolute atomic E-state index is 0.132. The zero-order valence-electron chi connectivity index (χ0n) is 18.3. The molecule has 33 heavy (non-hydrogen) atoms. The lowest BCUT2D eigenvalue weighted by Crippen LogP contribution is -2.34. The van der Waals surface area contributed by atoms with Gasteiger partial charge in [0, 0.05) is 26.2 Å². The van der Waals surface area contributed by atoms with Gasteiger partial charge in [-0.1, -0.05) is 26.0 Å². The van der Waals surface area contributed by atoms with Crippen LogP contribution in [-0.4, -0.2) is 56.1 Å². The van der Waals surface area contributed by atoms with Gasteiger partial charge in [-0.3, -0.25) is 9.59 Å². The molecule has 0 aliphatic heterocycles. The van der Waals surface area contributed by atoms with Crippen LogP contribution in [0.2, 0.25) is 0 Å². The fourth-order valence-corrected chi connectivity index (χ4v) is 4.32. The number of likely N-dealkylation sites (N-methyl/N-ethyl adjacent to an activating group) is 1. The first-order valence-corrected chi connectivity index (χ1v) is 11.4. The van der Waals surface area contributed by atoms with Gasteiger partial charge in [-0.15, -0.1) is 0 Å². The molecule has 0 radical (unpaired) electrons. The third-order valence-electron chi connectivity index (χ3n) is 4.71. The Morgan fingerprint density at radius 2 is 1.58 bits per heavy atom. The minimum atomic E-state index is -3.59. The molecule has 0 aliphatic rings. The molecular weight excluding hydrogens is 459 g/mol. The number of rotatable bonds is 9. The second-order valence-corrected chi connectivity index (χ2v) is 8.90. The highest BCUT2D eigenvalue weighted by Crippen LogP contribution is 2.20. The van der Waals surface area contributed by atoms with Crippen molar-refractivity contribution in [2.45, 2.75) is 18.7 Å². The third kappa shape index (κ3) is 6.42. The van der Waals surface area contributed by atoms with Crippen LogP contribution in [0.15, 0.2) is 47.4 Å². The maximum Gasteiger partial charge on any atom is 0.246 e. The highest BCUT2D eigenvalue weighted by Gasteiger charge is 2.21. The standard InChI is InChI=1S/C22H24F3N3O4S/c1-4-28(5-2)33(31,32)16-9-6-15(7-10-16)8-13-20(30)27(3)14-19(29)26-18-12-11-17(23)21(24)22(18)25/h6-13H,4-5,14H2,1-3H3,(H,26,29). The summed E-state index contributed by atoms with van der Waals surface area (Å²) < 4.78 is 66.2. The van der Waals surface area contributed by atoms with E-state index < -0.39 is 51.5 Å². The van der Waals surface area contributed by atoms with Crippen LogP contribution in [0.1, 0.15) is 19.4 Å². The molecule has 2 aromatic rings. The molecule has 0 heterocycles. The van der Waals surface area contributed by atoms with E-state index in [1.54, 1.807) is 26.0 Å². The largest absolute Gasteiger partial charge is 0.333 e. The average Bonchev–Trinajstić information content (AvgIpc) is 2.78. The van der Waals surface area contributed by atoms with Crippen molar-refractivity contribution in [1.82, 2.24) is 9.21 Å². The Morgan fingerprint density at radius 3 is 2.15 bits per heavy atom. The number of nitrogens with one attached hydrogen (secondary N) is 1. The van der Waals surface area contributed by atoms with Gasteiger partial charge in [0.05, 0.1) is 17.1 Å².